The van der Waals surface area contributed by atoms with Crippen LogP contribution in [0, 0.1) is 28.6 Å². The second kappa shape index (κ2) is 6.63. The summed E-state index contributed by atoms with van der Waals surface area (Å²) in [5.74, 6) is 1.34. The minimum atomic E-state index is -0.540. The van der Waals surface area contributed by atoms with E-state index in [1.807, 2.05) is 0 Å². The molecule has 4 heteroatoms. The average molecular weight is 373 g/mol. The van der Waals surface area contributed by atoms with Crippen molar-refractivity contribution in [2.24, 2.45) is 34.3 Å². The van der Waals surface area contributed by atoms with E-state index in [9.17, 15) is 9.59 Å². The van der Waals surface area contributed by atoms with E-state index in [0.717, 1.165) is 43.1 Å². The largest absolute Gasteiger partial charge is 0.365 e. The maximum atomic E-state index is 12.7. The summed E-state index contributed by atoms with van der Waals surface area (Å²) in [4.78, 5) is 25.0. The highest BCUT2D eigenvalue weighted by molar-refractivity contribution is 6.19. The van der Waals surface area contributed by atoms with E-state index >= 15 is 0 Å². The zero-order valence-corrected chi connectivity index (χ0v) is 17.3. The Hall–Kier alpha value is -1.32. The van der Waals surface area contributed by atoms with Crippen LogP contribution in [0.3, 0.4) is 0 Å². The molecule has 4 rings (SSSR count). The zero-order chi connectivity index (χ0) is 19.4. The van der Waals surface area contributed by atoms with E-state index in [1.54, 1.807) is 0 Å². The van der Waals surface area contributed by atoms with Gasteiger partial charge in [0.2, 0.25) is 0 Å². The first-order valence-corrected chi connectivity index (χ1v) is 11.2. The van der Waals surface area contributed by atoms with Gasteiger partial charge in [-0.3, -0.25) is 9.59 Å². The fraction of sp³-hybridized carbons (Fsp3) is 0.826. The number of hydrogen-bond donors (Lipinski definition) is 2. The van der Waals surface area contributed by atoms with Crippen molar-refractivity contribution in [2.45, 2.75) is 91.0 Å². The first kappa shape index (κ1) is 19.0. The lowest BCUT2D eigenvalue weighted by Crippen LogP contribution is -2.62. The van der Waals surface area contributed by atoms with Gasteiger partial charge in [0.25, 0.3) is 11.8 Å². The van der Waals surface area contributed by atoms with Crippen LogP contribution in [-0.2, 0) is 9.59 Å². The fourth-order valence-electron chi connectivity index (χ4n) is 7.65. The number of rotatable bonds is 4. The van der Waals surface area contributed by atoms with Crippen molar-refractivity contribution < 1.29 is 9.59 Å². The molecule has 0 radical (unpaired) electrons. The van der Waals surface area contributed by atoms with Gasteiger partial charge in [-0.25, -0.2) is 0 Å². The smallest absolute Gasteiger partial charge is 0.257 e. The summed E-state index contributed by atoms with van der Waals surface area (Å²) in [6.45, 7) is 7.03. The number of carbonyl (C=O) groups is 2. The van der Waals surface area contributed by atoms with Gasteiger partial charge in [-0.15, -0.1) is 0 Å². The Bertz CT molecular complexity index is 684. The summed E-state index contributed by atoms with van der Waals surface area (Å²) in [5.41, 5.74) is 7.49. The number of fused-ring (bicyclic) bond motifs is 5. The molecular formula is C23H36N2O2. The Labute approximate surface area is 163 Å². The van der Waals surface area contributed by atoms with E-state index in [-0.39, 0.29) is 22.9 Å². The van der Waals surface area contributed by atoms with Crippen molar-refractivity contribution in [2.75, 3.05) is 0 Å². The van der Waals surface area contributed by atoms with Crippen LogP contribution in [0.25, 0.3) is 0 Å². The van der Waals surface area contributed by atoms with Gasteiger partial charge in [-0.05, 0) is 80.1 Å². The summed E-state index contributed by atoms with van der Waals surface area (Å²) in [6.07, 6.45) is 11.8. The molecule has 2 amide bonds. The minimum absolute atomic E-state index is 0.111. The third-order valence-corrected chi connectivity index (χ3v) is 9.01. The molecule has 6 atom stereocenters. The first-order valence-electron chi connectivity index (χ1n) is 11.2. The summed E-state index contributed by atoms with van der Waals surface area (Å²) < 4.78 is 0. The van der Waals surface area contributed by atoms with Gasteiger partial charge >= 0.3 is 0 Å². The molecule has 3 saturated carbocycles. The summed E-state index contributed by atoms with van der Waals surface area (Å²) >= 11 is 0. The average Bonchev–Trinajstić information content (AvgIpc) is 3.01. The molecule has 0 spiro atoms. The molecule has 0 aromatic heterocycles. The molecule has 0 aromatic carbocycles. The van der Waals surface area contributed by atoms with Crippen LogP contribution in [0.2, 0.25) is 0 Å². The predicted octanol–water partition coefficient (Wildman–Crippen LogP) is 4.09. The van der Waals surface area contributed by atoms with Crippen LogP contribution in [0.4, 0.5) is 0 Å². The van der Waals surface area contributed by atoms with Gasteiger partial charge in [-0.2, -0.15) is 0 Å². The van der Waals surface area contributed by atoms with Crippen LogP contribution >= 0.6 is 0 Å². The molecule has 1 heterocycles. The van der Waals surface area contributed by atoms with Crippen LogP contribution in [0.15, 0.2) is 11.1 Å². The third-order valence-electron chi connectivity index (χ3n) is 9.01. The number of unbranched alkanes of at least 4 members (excludes halogenated alkanes) is 1. The molecule has 3 fully saturated rings. The van der Waals surface area contributed by atoms with Crippen LogP contribution in [-0.4, -0.2) is 17.9 Å². The van der Waals surface area contributed by atoms with E-state index in [2.05, 4.69) is 26.1 Å². The molecule has 1 aliphatic heterocycles. The van der Waals surface area contributed by atoms with Gasteiger partial charge in [0.1, 0.15) is 5.57 Å². The Morgan fingerprint density at radius 1 is 1.15 bits per heavy atom. The van der Waals surface area contributed by atoms with Crippen LogP contribution < -0.4 is 11.1 Å². The topological polar surface area (TPSA) is 72.2 Å². The van der Waals surface area contributed by atoms with Gasteiger partial charge < -0.3 is 11.1 Å². The van der Waals surface area contributed by atoms with Crippen molar-refractivity contribution >= 4 is 11.8 Å². The number of amides is 2. The van der Waals surface area contributed by atoms with Gasteiger partial charge in [0.15, 0.2) is 0 Å². The lowest BCUT2D eigenvalue weighted by molar-refractivity contribution is -0.128. The standard InChI is InChI=1S/C23H36N2O2/c1-4-5-7-17-19(20(24)26)21(27)25-18-10-9-14-15-8-6-12-22(15,2)13-11-16(14)23(17,18)3/h14-16,18H,4-13H2,1-3H3,(H2,24,26)(H,25,27)/t14-,15-,16-,18+,22-,23-/m0/s1. The number of nitrogens with one attached hydrogen (secondary N) is 1. The van der Waals surface area contributed by atoms with E-state index in [4.69, 9.17) is 5.73 Å². The van der Waals surface area contributed by atoms with Crippen molar-refractivity contribution in [3.63, 3.8) is 0 Å². The molecule has 0 unspecified atom stereocenters. The molecule has 27 heavy (non-hydrogen) atoms. The SMILES string of the molecule is CCCCC1=C(C(N)=O)C(=O)N[C@@H]2CC[C@H]3[C@@H]4CCC[C@@]4(C)CC[C@@H]3[C@@]12C. The maximum absolute atomic E-state index is 12.7. The number of hydrogen-bond acceptors (Lipinski definition) is 2. The normalized spacial score (nSPS) is 43.6. The lowest BCUT2D eigenvalue weighted by atomic mass is 9.46. The quantitative estimate of drug-likeness (QED) is 0.730. The van der Waals surface area contributed by atoms with Crippen molar-refractivity contribution in [1.29, 1.82) is 0 Å². The van der Waals surface area contributed by atoms with Gasteiger partial charge in [0, 0.05) is 11.5 Å². The predicted molar refractivity (Wildman–Crippen MR) is 107 cm³/mol. The second-order valence-corrected chi connectivity index (χ2v) is 10.2. The molecule has 4 nitrogen and oxygen atoms in total. The molecule has 0 saturated heterocycles. The minimum Gasteiger partial charge on any atom is -0.365 e. The molecule has 3 N–H and O–H groups in total. The summed E-state index contributed by atoms with van der Waals surface area (Å²) in [6, 6.07) is 0.159. The molecule has 0 aromatic rings. The van der Waals surface area contributed by atoms with Gasteiger partial charge in [0.05, 0.1) is 0 Å². The molecule has 150 valence electrons. The Morgan fingerprint density at radius 3 is 2.63 bits per heavy atom. The highest BCUT2D eigenvalue weighted by Gasteiger charge is 2.60. The van der Waals surface area contributed by atoms with Crippen LogP contribution in [0.5, 0.6) is 0 Å². The van der Waals surface area contributed by atoms with Gasteiger partial charge in [-0.1, -0.05) is 33.6 Å². The number of carbonyl (C=O) groups excluding carboxylic acids is 2. The van der Waals surface area contributed by atoms with E-state index in [0.29, 0.717) is 11.3 Å². The fourth-order valence-corrected chi connectivity index (χ4v) is 7.65. The first-order chi connectivity index (χ1) is 12.8. The van der Waals surface area contributed by atoms with E-state index in [1.165, 1.54) is 38.5 Å². The highest BCUT2D eigenvalue weighted by Crippen LogP contribution is 2.65. The Balaban J connectivity index is 1.79. The maximum Gasteiger partial charge on any atom is 0.257 e. The monoisotopic (exact) mass is 372 g/mol. The molecule has 3 aliphatic carbocycles. The van der Waals surface area contributed by atoms with Crippen molar-refractivity contribution in [3.05, 3.63) is 11.1 Å². The number of primary amides is 1. The second-order valence-electron chi connectivity index (χ2n) is 10.2. The molecular weight excluding hydrogens is 336 g/mol. The summed E-state index contributed by atoms with van der Waals surface area (Å²) in [7, 11) is 0. The van der Waals surface area contributed by atoms with Crippen LogP contribution in [0.1, 0.15) is 85.0 Å². The van der Waals surface area contributed by atoms with Crippen molar-refractivity contribution in [1.82, 2.24) is 5.32 Å². The Kier molecular flexibility index (Phi) is 4.67. The Morgan fingerprint density at radius 2 is 1.93 bits per heavy atom. The molecule has 4 aliphatic rings. The summed E-state index contributed by atoms with van der Waals surface area (Å²) in [5, 5.41) is 3.20. The highest BCUT2D eigenvalue weighted by atomic mass is 16.2. The zero-order valence-electron chi connectivity index (χ0n) is 17.3. The lowest BCUT2D eigenvalue weighted by Gasteiger charge is -2.60. The number of nitrogens with two attached hydrogens (primary N) is 1. The van der Waals surface area contributed by atoms with Crippen molar-refractivity contribution in [3.8, 4) is 0 Å². The molecule has 0 bridgehead atoms. The van der Waals surface area contributed by atoms with E-state index < -0.39 is 5.91 Å². The third kappa shape index (κ3) is 2.69.